The van der Waals surface area contributed by atoms with Gasteiger partial charge in [0, 0.05) is 25.2 Å². The van der Waals surface area contributed by atoms with E-state index in [0.29, 0.717) is 0 Å². The van der Waals surface area contributed by atoms with Crippen molar-refractivity contribution >= 4 is 17.7 Å². The van der Waals surface area contributed by atoms with E-state index in [0.717, 1.165) is 54.8 Å². The van der Waals surface area contributed by atoms with Crippen LogP contribution in [0.3, 0.4) is 0 Å². The van der Waals surface area contributed by atoms with Gasteiger partial charge in [-0.2, -0.15) is 0 Å². The van der Waals surface area contributed by atoms with Gasteiger partial charge in [0.15, 0.2) is 11.0 Å². The zero-order valence-electron chi connectivity index (χ0n) is 16.4. The van der Waals surface area contributed by atoms with Crippen LogP contribution < -0.4 is 4.74 Å². The van der Waals surface area contributed by atoms with Gasteiger partial charge in [0.1, 0.15) is 5.75 Å². The number of ether oxygens (including phenoxy) is 1. The molecule has 1 aliphatic rings. The second kappa shape index (κ2) is 9.26. The maximum atomic E-state index is 12.8. The Kier molecular flexibility index (Phi) is 6.77. The molecule has 1 aromatic heterocycles. The minimum absolute atomic E-state index is 0.165. The highest BCUT2D eigenvalue weighted by Crippen LogP contribution is 2.28. The third-order valence-corrected chi connectivity index (χ3v) is 6.00. The van der Waals surface area contributed by atoms with Crippen molar-refractivity contribution in [3.05, 3.63) is 24.3 Å². The SMILES string of the molecule is CCn1c(S[C@H](C)C(=O)N2CCCCCC2)nnc1-c1ccc(OC)cc1. The molecule has 1 fully saturated rings. The second-order valence-electron chi connectivity index (χ2n) is 6.78. The lowest BCUT2D eigenvalue weighted by Crippen LogP contribution is -2.37. The predicted octanol–water partition coefficient (Wildman–Crippen LogP) is 3.86. The molecule has 0 spiro atoms. The van der Waals surface area contributed by atoms with Crippen molar-refractivity contribution < 1.29 is 9.53 Å². The molecule has 0 saturated carbocycles. The number of aromatic nitrogens is 3. The normalized spacial score (nSPS) is 16.0. The van der Waals surface area contributed by atoms with Crippen LogP contribution >= 0.6 is 11.8 Å². The van der Waals surface area contributed by atoms with Gasteiger partial charge in [-0.15, -0.1) is 10.2 Å². The highest BCUT2D eigenvalue weighted by molar-refractivity contribution is 8.00. The number of hydrogen-bond acceptors (Lipinski definition) is 5. The lowest BCUT2D eigenvalue weighted by atomic mass is 10.2. The molecule has 146 valence electrons. The first-order valence-corrected chi connectivity index (χ1v) is 10.5. The van der Waals surface area contributed by atoms with Gasteiger partial charge in [0.2, 0.25) is 5.91 Å². The average molecular weight is 389 g/mol. The molecule has 1 aromatic carbocycles. The molecule has 0 radical (unpaired) electrons. The summed E-state index contributed by atoms with van der Waals surface area (Å²) in [7, 11) is 1.65. The van der Waals surface area contributed by atoms with E-state index in [1.165, 1.54) is 24.6 Å². The summed E-state index contributed by atoms with van der Waals surface area (Å²) in [5.41, 5.74) is 0.989. The Balaban J connectivity index is 1.74. The number of hydrogen-bond donors (Lipinski definition) is 0. The number of benzene rings is 1. The van der Waals surface area contributed by atoms with Gasteiger partial charge in [0.25, 0.3) is 0 Å². The number of likely N-dealkylation sites (tertiary alicyclic amines) is 1. The average Bonchev–Trinajstić information content (AvgIpc) is 2.91. The van der Waals surface area contributed by atoms with E-state index in [2.05, 4.69) is 21.7 Å². The van der Waals surface area contributed by atoms with E-state index in [1.54, 1.807) is 7.11 Å². The first-order valence-electron chi connectivity index (χ1n) is 9.67. The molecule has 0 aliphatic carbocycles. The minimum Gasteiger partial charge on any atom is -0.497 e. The zero-order chi connectivity index (χ0) is 19.2. The molecule has 1 aliphatic heterocycles. The molecular formula is C20H28N4O2S. The molecular weight excluding hydrogens is 360 g/mol. The minimum atomic E-state index is -0.165. The first kappa shape index (κ1) is 19.7. The highest BCUT2D eigenvalue weighted by Gasteiger charge is 2.25. The van der Waals surface area contributed by atoms with Crippen molar-refractivity contribution in [2.75, 3.05) is 20.2 Å². The fourth-order valence-electron chi connectivity index (χ4n) is 3.37. The summed E-state index contributed by atoms with van der Waals surface area (Å²) in [6, 6.07) is 7.80. The summed E-state index contributed by atoms with van der Waals surface area (Å²) in [6.45, 7) is 6.55. The molecule has 2 heterocycles. The molecule has 1 amide bonds. The second-order valence-corrected chi connectivity index (χ2v) is 8.09. The number of amides is 1. The summed E-state index contributed by atoms with van der Waals surface area (Å²) in [5, 5.41) is 9.37. The van der Waals surface area contributed by atoms with Crippen LogP contribution in [0.25, 0.3) is 11.4 Å². The summed E-state index contributed by atoms with van der Waals surface area (Å²) in [6.07, 6.45) is 4.66. The van der Waals surface area contributed by atoms with Gasteiger partial charge in [-0.1, -0.05) is 24.6 Å². The Hall–Kier alpha value is -2.02. The van der Waals surface area contributed by atoms with Gasteiger partial charge in [0.05, 0.1) is 12.4 Å². The Morgan fingerprint density at radius 3 is 2.41 bits per heavy atom. The standard InChI is InChI=1S/C20H28N4O2S/c1-4-24-18(16-9-11-17(26-3)12-10-16)21-22-20(24)27-15(2)19(25)23-13-7-5-6-8-14-23/h9-12,15H,4-8,13-14H2,1-3H3/t15-/m1/s1. The number of carbonyl (C=O) groups excluding carboxylic acids is 1. The van der Waals surface area contributed by atoms with E-state index >= 15 is 0 Å². The van der Waals surface area contributed by atoms with E-state index < -0.39 is 0 Å². The fraction of sp³-hybridized carbons (Fsp3) is 0.550. The van der Waals surface area contributed by atoms with E-state index in [9.17, 15) is 4.79 Å². The predicted molar refractivity (Wildman–Crippen MR) is 108 cm³/mol. The van der Waals surface area contributed by atoms with Crippen molar-refractivity contribution in [2.45, 2.75) is 56.5 Å². The van der Waals surface area contributed by atoms with Gasteiger partial charge in [-0.3, -0.25) is 4.79 Å². The maximum absolute atomic E-state index is 12.8. The zero-order valence-corrected chi connectivity index (χ0v) is 17.2. The number of nitrogens with zero attached hydrogens (tertiary/aromatic N) is 4. The van der Waals surface area contributed by atoms with Crippen LogP contribution in [-0.2, 0) is 11.3 Å². The van der Waals surface area contributed by atoms with Crippen molar-refractivity contribution in [3.8, 4) is 17.1 Å². The van der Waals surface area contributed by atoms with E-state index in [1.807, 2.05) is 36.1 Å². The lowest BCUT2D eigenvalue weighted by Gasteiger charge is -2.23. The topological polar surface area (TPSA) is 60.2 Å². The highest BCUT2D eigenvalue weighted by atomic mass is 32.2. The van der Waals surface area contributed by atoms with Crippen molar-refractivity contribution in [1.82, 2.24) is 19.7 Å². The number of rotatable bonds is 6. The Morgan fingerprint density at radius 1 is 1.15 bits per heavy atom. The summed E-state index contributed by atoms with van der Waals surface area (Å²) >= 11 is 1.50. The van der Waals surface area contributed by atoms with Crippen molar-refractivity contribution in [1.29, 1.82) is 0 Å². The molecule has 0 bridgehead atoms. The van der Waals surface area contributed by atoms with Crippen molar-refractivity contribution in [2.24, 2.45) is 0 Å². The largest absolute Gasteiger partial charge is 0.497 e. The van der Waals surface area contributed by atoms with Crippen LogP contribution in [0.4, 0.5) is 0 Å². The molecule has 1 atom stereocenters. The Labute approximate surface area is 165 Å². The summed E-state index contributed by atoms with van der Waals surface area (Å²) in [5.74, 6) is 1.84. The number of carbonyl (C=O) groups is 1. The fourth-order valence-corrected chi connectivity index (χ4v) is 4.37. The maximum Gasteiger partial charge on any atom is 0.235 e. The van der Waals surface area contributed by atoms with E-state index in [4.69, 9.17) is 4.74 Å². The molecule has 3 rings (SSSR count). The third-order valence-electron chi connectivity index (χ3n) is 4.93. The molecule has 1 saturated heterocycles. The van der Waals surface area contributed by atoms with E-state index in [-0.39, 0.29) is 11.2 Å². The van der Waals surface area contributed by atoms with Crippen LogP contribution in [0.5, 0.6) is 5.75 Å². The van der Waals surface area contributed by atoms with Gasteiger partial charge < -0.3 is 14.2 Å². The Morgan fingerprint density at radius 2 is 1.81 bits per heavy atom. The number of methoxy groups -OCH3 is 1. The quantitative estimate of drug-likeness (QED) is 0.703. The lowest BCUT2D eigenvalue weighted by molar-refractivity contribution is -0.130. The Bertz CT molecular complexity index is 752. The van der Waals surface area contributed by atoms with Gasteiger partial charge in [-0.05, 0) is 51.0 Å². The molecule has 0 unspecified atom stereocenters. The first-order chi connectivity index (χ1) is 13.1. The monoisotopic (exact) mass is 388 g/mol. The molecule has 6 nitrogen and oxygen atoms in total. The summed E-state index contributed by atoms with van der Waals surface area (Å²) < 4.78 is 7.29. The van der Waals surface area contributed by atoms with Crippen LogP contribution in [-0.4, -0.2) is 51.0 Å². The smallest absolute Gasteiger partial charge is 0.235 e. The summed E-state index contributed by atoms with van der Waals surface area (Å²) in [4.78, 5) is 14.9. The third kappa shape index (κ3) is 4.64. The van der Waals surface area contributed by atoms with Crippen LogP contribution in [0.1, 0.15) is 39.5 Å². The molecule has 0 N–H and O–H groups in total. The van der Waals surface area contributed by atoms with Gasteiger partial charge in [-0.25, -0.2) is 0 Å². The number of thioether (sulfide) groups is 1. The van der Waals surface area contributed by atoms with Crippen LogP contribution in [0.2, 0.25) is 0 Å². The van der Waals surface area contributed by atoms with Crippen molar-refractivity contribution in [3.63, 3.8) is 0 Å². The van der Waals surface area contributed by atoms with Gasteiger partial charge >= 0.3 is 0 Å². The molecule has 7 heteroatoms. The van der Waals surface area contributed by atoms with Crippen LogP contribution in [0.15, 0.2) is 29.4 Å². The molecule has 2 aromatic rings. The molecule has 27 heavy (non-hydrogen) atoms. The van der Waals surface area contributed by atoms with Crippen LogP contribution in [0, 0.1) is 0 Å².